The highest BCUT2D eigenvalue weighted by Gasteiger charge is 2.12. The number of aliphatic hydroxyl groups excluding tert-OH is 1. The Morgan fingerprint density at radius 3 is 2.38 bits per heavy atom. The molecule has 0 saturated carbocycles. The van der Waals surface area contributed by atoms with Gasteiger partial charge in [0, 0.05) is 6.92 Å². The van der Waals surface area contributed by atoms with Crippen LogP contribution in [-0.4, -0.2) is 23.3 Å². The zero-order valence-corrected chi connectivity index (χ0v) is 10.9. The molecular formula is C13H26O3. The lowest BCUT2D eigenvalue weighted by Gasteiger charge is -2.17. The third kappa shape index (κ3) is 8.72. The molecule has 0 spiro atoms. The Morgan fingerprint density at radius 1 is 1.19 bits per heavy atom. The van der Waals surface area contributed by atoms with Gasteiger partial charge in [0.25, 0.3) is 0 Å². The lowest BCUT2D eigenvalue weighted by atomic mass is 10.0. The summed E-state index contributed by atoms with van der Waals surface area (Å²) >= 11 is 0. The topological polar surface area (TPSA) is 46.5 Å². The fourth-order valence-electron chi connectivity index (χ4n) is 1.73. The van der Waals surface area contributed by atoms with E-state index >= 15 is 0 Å². The van der Waals surface area contributed by atoms with Crippen molar-refractivity contribution in [3.63, 3.8) is 0 Å². The molecule has 96 valence electrons. The van der Waals surface area contributed by atoms with Gasteiger partial charge in [0.2, 0.25) is 0 Å². The molecule has 2 unspecified atom stereocenters. The molecule has 1 N–H and O–H groups in total. The number of ether oxygens (including phenoxy) is 1. The Hall–Kier alpha value is -0.570. The molecule has 0 aromatic carbocycles. The Bertz CT molecular complexity index is 180. The summed E-state index contributed by atoms with van der Waals surface area (Å²) in [6.07, 6.45) is 6.36. The van der Waals surface area contributed by atoms with Gasteiger partial charge in [-0.25, -0.2) is 0 Å². The summed E-state index contributed by atoms with van der Waals surface area (Å²) in [5.41, 5.74) is 0. The molecule has 16 heavy (non-hydrogen) atoms. The fraction of sp³-hybridized carbons (Fsp3) is 0.923. The molecule has 0 aromatic rings. The molecule has 2 atom stereocenters. The minimum atomic E-state index is -0.240. The van der Waals surface area contributed by atoms with Crippen molar-refractivity contribution in [3.05, 3.63) is 0 Å². The van der Waals surface area contributed by atoms with Gasteiger partial charge in [-0.05, 0) is 25.7 Å². The van der Waals surface area contributed by atoms with Gasteiger partial charge in [-0.2, -0.15) is 0 Å². The normalized spacial score (nSPS) is 14.5. The molecule has 0 heterocycles. The first-order chi connectivity index (χ1) is 7.60. The van der Waals surface area contributed by atoms with Crippen molar-refractivity contribution >= 4 is 5.97 Å². The molecule has 0 aliphatic heterocycles. The summed E-state index contributed by atoms with van der Waals surface area (Å²) in [4.78, 5) is 10.8. The van der Waals surface area contributed by atoms with Gasteiger partial charge in [0.15, 0.2) is 0 Å². The highest BCUT2D eigenvalue weighted by Crippen LogP contribution is 2.13. The lowest BCUT2D eigenvalue weighted by Crippen LogP contribution is -2.18. The highest BCUT2D eigenvalue weighted by molar-refractivity contribution is 5.66. The predicted molar refractivity (Wildman–Crippen MR) is 65.2 cm³/mol. The molecule has 0 fully saturated rings. The summed E-state index contributed by atoms with van der Waals surface area (Å²) in [7, 11) is 0. The van der Waals surface area contributed by atoms with Crippen molar-refractivity contribution in [1.82, 2.24) is 0 Å². The maximum atomic E-state index is 10.8. The largest absolute Gasteiger partial charge is 0.463 e. The average molecular weight is 230 g/mol. The first-order valence-corrected chi connectivity index (χ1v) is 6.45. The van der Waals surface area contributed by atoms with Gasteiger partial charge in [-0.3, -0.25) is 4.79 Å². The van der Waals surface area contributed by atoms with E-state index in [1.54, 1.807) is 0 Å². The van der Waals surface area contributed by atoms with Crippen molar-refractivity contribution in [1.29, 1.82) is 0 Å². The van der Waals surface area contributed by atoms with Crippen LogP contribution < -0.4 is 0 Å². The molecule has 0 amide bonds. The van der Waals surface area contributed by atoms with E-state index in [0.717, 1.165) is 32.1 Å². The van der Waals surface area contributed by atoms with Crippen LogP contribution in [0.1, 0.15) is 65.7 Å². The first kappa shape index (κ1) is 15.4. The molecule has 3 heteroatoms. The van der Waals surface area contributed by atoms with Crippen molar-refractivity contribution in [2.45, 2.75) is 77.9 Å². The SMILES string of the molecule is CCCCCC(O)CCC(CC)OC(C)=O. The Labute approximate surface area is 99.2 Å². The van der Waals surface area contributed by atoms with Gasteiger partial charge in [-0.1, -0.05) is 33.1 Å². The third-order valence-electron chi connectivity index (χ3n) is 2.75. The van der Waals surface area contributed by atoms with E-state index in [4.69, 9.17) is 4.74 Å². The minimum Gasteiger partial charge on any atom is -0.463 e. The third-order valence-corrected chi connectivity index (χ3v) is 2.75. The van der Waals surface area contributed by atoms with Gasteiger partial charge in [0.05, 0.1) is 6.10 Å². The van der Waals surface area contributed by atoms with Crippen LogP contribution in [0, 0.1) is 0 Å². The van der Waals surface area contributed by atoms with Crippen LogP contribution in [0.5, 0.6) is 0 Å². The maximum absolute atomic E-state index is 10.8. The monoisotopic (exact) mass is 230 g/mol. The quantitative estimate of drug-likeness (QED) is 0.489. The molecule has 0 rings (SSSR count). The summed E-state index contributed by atoms with van der Waals surface area (Å²) in [5, 5.41) is 9.71. The number of hydrogen-bond donors (Lipinski definition) is 1. The molecule has 0 aromatic heterocycles. The zero-order valence-electron chi connectivity index (χ0n) is 10.9. The molecule has 0 aliphatic carbocycles. The van der Waals surface area contributed by atoms with Crippen molar-refractivity contribution < 1.29 is 14.6 Å². The Balaban J connectivity index is 3.62. The van der Waals surface area contributed by atoms with E-state index in [1.807, 2.05) is 6.92 Å². The number of hydrogen-bond acceptors (Lipinski definition) is 3. The number of rotatable bonds is 9. The van der Waals surface area contributed by atoms with Crippen LogP contribution in [0.4, 0.5) is 0 Å². The summed E-state index contributed by atoms with van der Waals surface area (Å²) in [6.45, 7) is 5.58. The van der Waals surface area contributed by atoms with E-state index in [0.29, 0.717) is 0 Å². The van der Waals surface area contributed by atoms with Gasteiger partial charge in [-0.15, -0.1) is 0 Å². The van der Waals surface area contributed by atoms with Gasteiger partial charge in [0.1, 0.15) is 6.10 Å². The van der Waals surface area contributed by atoms with Crippen LogP contribution >= 0.6 is 0 Å². The molecule has 0 saturated heterocycles. The predicted octanol–water partition coefficient (Wildman–Crippen LogP) is 3.05. The standard InChI is InChI=1S/C13H26O3/c1-4-6-7-8-12(15)9-10-13(5-2)16-11(3)14/h12-13,15H,4-10H2,1-3H3. The average Bonchev–Trinajstić information content (AvgIpc) is 2.24. The smallest absolute Gasteiger partial charge is 0.302 e. The number of aliphatic hydroxyl groups is 1. The summed E-state index contributed by atoms with van der Waals surface area (Å²) < 4.78 is 5.13. The molecular weight excluding hydrogens is 204 g/mol. The summed E-state index contributed by atoms with van der Waals surface area (Å²) in [6, 6.07) is 0. The van der Waals surface area contributed by atoms with Gasteiger partial charge < -0.3 is 9.84 Å². The Kier molecular flexibility index (Phi) is 9.30. The highest BCUT2D eigenvalue weighted by atomic mass is 16.5. The molecule has 0 bridgehead atoms. The van der Waals surface area contributed by atoms with Crippen LogP contribution in [0.15, 0.2) is 0 Å². The lowest BCUT2D eigenvalue weighted by molar-refractivity contribution is -0.147. The van der Waals surface area contributed by atoms with Crippen molar-refractivity contribution in [3.8, 4) is 0 Å². The van der Waals surface area contributed by atoms with E-state index in [9.17, 15) is 9.90 Å². The van der Waals surface area contributed by atoms with E-state index in [-0.39, 0.29) is 18.2 Å². The second-order valence-electron chi connectivity index (χ2n) is 4.37. The van der Waals surface area contributed by atoms with E-state index in [1.165, 1.54) is 19.8 Å². The Morgan fingerprint density at radius 2 is 1.88 bits per heavy atom. The van der Waals surface area contributed by atoms with Crippen LogP contribution in [0.3, 0.4) is 0 Å². The number of esters is 1. The molecule has 3 nitrogen and oxygen atoms in total. The maximum Gasteiger partial charge on any atom is 0.302 e. The van der Waals surface area contributed by atoms with Gasteiger partial charge >= 0.3 is 5.97 Å². The zero-order chi connectivity index (χ0) is 12.4. The van der Waals surface area contributed by atoms with Crippen LogP contribution in [-0.2, 0) is 9.53 Å². The molecule has 0 radical (unpaired) electrons. The summed E-state index contributed by atoms with van der Waals surface area (Å²) in [5.74, 6) is -0.229. The van der Waals surface area contributed by atoms with Crippen molar-refractivity contribution in [2.24, 2.45) is 0 Å². The minimum absolute atomic E-state index is 0.0293. The fourth-order valence-corrected chi connectivity index (χ4v) is 1.73. The van der Waals surface area contributed by atoms with Crippen LogP contribution in [0.25, 0.3) is 0 Å². The van der Waals surface area contributed by atoms with E-state index < -0.39 is 0 Å². The second-order valence-corrected chi connectivity index (χ2v) is 4.37. The van der Waals surface area contributed by atoms with Crippen molar-refractivity contribution in [2.75, 3.05) is 0 Å². The number of carbonyl (C=O) groups is 1. The van der Waals surface area contributed by atoms with E-state index in [2.05, 4.69) is 6.92 Å². The van der Waals surface area contributed by atoms with Crippen LogP contribution in [0.2, 0.25) is 0 Å². The first-order valence-electron chi connectivity index (χ1n) is 6.45. The molecule has 0 aliphatic rings. The number of carbonyl (C=O) groups excluding carboxylic acids is 1. The number of unbranched alkanes of at least 4 members (excludes halogenated alkanes) is 2. The second kappa shape index (κ2) is 9.64.